The maximum absolute atomic E-state index is 10.6. The van der Waals surface area contributed by atoms with Gasteiger partial charge in [0, 0.05) is 11.6 Å². The fourth-order valence-corrected chi connectivity index (χ4v) is 0.923. The molecule has 0 aliphatic carbocycles. The summed E-state index contributed by atoms with van der Waals surface area (Å²) in [5.41, 5.74) is 0.576. The van der Waals surface area contributed by atoms with Crippen LogP contribution in [0.1, 0.15) is 0 Å². The molecule has 2 rings (SSSR count). The van der Waals surface area contributed by atoms with Gasteiger partial charge >= 0.3 is 35.3 Å². The van der Waals surface area contributed by atoms with E-state index in [1.165, 1.54) is 6.20 Å². The van der Waals surface area contributed by atoms with Gasteiger partial charge in [0.2, 0.25) is 0 Å². The van der Waals surface area contributed by atoms with Gasteiger partial charge in [0.15, 0.2) is 0 Å². The van der Waals surface area contributed by atoms with Crippen LogP contribution in [0, 0.1) is 0 Å². The summed E-state index contributed by atoms with van der Waals surface area (Å²) in [7, 11) is 0. The summed E-state index contributed by atoms with van der Waals surface area (Å²) >= 11 is 0. The molecule has 0 aliphatic heterocycles. The van der Waals surface area contributed by atoms with Crippen molar-refractivity contribution in [2.75, 3.05) is 0 Å². The average molecular weight is 171 g/mol. The Bertz CT molecular complexity index is 438. The first-order valence-electron chi connectivity index (χ1n) is 3.21. The molecule has 0 aliphatic rings. The van der Waals surface area contributed by atoms with Crippen LogP contribution in [0.4, 0.5) is 0 Å². The van der Waals surface area contributed by atoms with E-state index in [4.69, 9.17) is 4.42 Å². The van der Waals surface area contributed by atoms with Crippen LogP contribution in [0.5, 0.6) is 0 Å². The van der Waals surface area contributed by atoms with Crippen molar-refractivity contribution in [1.29, 1.82) is 0 Å². The minimum absolute atomic E-state index is 0. The number of rotatable bonds is 0. The maximum atomic E-state index is 10.6. The van der Waals surface area contributed by atoms with Crippen molar-refractivity contribution in [2.24, 2.45) is 0 Å². The topological polar surface area (TPSA) is 43.1 Å². The second-order valence-corrected chi connectivity index (χ2v) is 2.16. The molecular formula is C8H6NNaO2. The predicted octanol–water partition coefficient (Wildman–Crippen LogP) is 0.539. The first-order chi connectivity index (χ1) is 5.36. The van der Waals surface area contributed by atoms with E-state index in [1.54, 1.807) is 6.07 Å². The Hall–Kier alpha value is -0.640. The molecule has 3 nitrogen and oxygen atoms in total. The fraction of sp³-hybridized carbons (Fsp3) is 0. The third kappa shape index (κ3) is 1.75. The Morgan fingerprint density at radius 2 is 2.00 bits per heavy atom. The molecule has 1 aromatic heterocycles. The third-order valence-electron chi connectivity index (χ3n) is 1.43. The average Bonchev–Trinajstić information content (AvgIpc) is 2.04. The molecule has 0 N–H and O–H groups in total. The zero-order valence-corrected chi connectivity index (χ0v) is 5.65. The Morgan fingerprint density at radius 1 is 1.25 bits per heavy atom. The quantitative estimate of drug-likeness (QED) is 0.543. The first kappa shape index (κ1) is 9.45. The number of nitrogens with zero attached hydrogens (tertiary/aromatic N) is 1. The van der Waals surface area contributed by atoms with Crippen molar-refractivity contribution in [3.63, 3.8) is 0 Å². The summed E-state index contributed by atoms with van der Waals surface area (Å²) < 4.78 is 4.79. The van der Waals surface area contributed by atoms with Crippen LogP contribution in [0.3, 0.4) is 0 Å². The fourth-order valence-electron chi connectivity index (χ4n) is 0.923. The van der Waals surface area contributed by atoms with Crippen molar-refractivity contribution < 1.29 is 4.42 Å². The van der Waals surface area contributed by atoms with Gasteiger partial charge in [-0.05, 0) is 12.1 Å². The molecule has 0 radical (unpaired) electrons. The number of para-hydroxylation sites is 1. The molecule has 4 heteroatoms. The Labute approximate surface area is 90.7 Å². The van der Waals surface area contributed by atoms with Crippen LogP contribution in [-0.4, -0.2) is 34.5 Å². The number of hydrogen-bond donors (Lipinski definition) is 0. The summed E-state index contributed by atoms with van der Waals surface area (Å²) in [6, 6.07) is 7.25. The van der Waals surface area contributed by atoms with Crippen molar-refractivity contribution in [3.8, 4) is 0 Å². The van der Waals surface area contributed by atoms with E-state index in [-0.39, 0.29) is 29.6 Å². The van der Waals surface area contributed by atoms with Crippen molar-refractivity contribution >= 4 is 40.5 Å². The second kappa shape index (κ2) is 3.85. The molecule has 2 aromatic rings. The summed E-state index contributed by atoms with van der Waals surface area (Å²) in [5.74, 6) is -0.552. The summed E-state index contributed by atoms with van der Waals surface area (Å²) in [6.45, 7) is 0. The zero-order chi connectivity index (χ0) is 7.68. The van der Waals surface area contributed by atoms with Gasteiger partial charge in [-0.2, -0.15) is 4.98 Å². The number of benzene rings is 1. The van der Waals surface area contributed by atoms with E-state index in [0.717, 1.165) is 5.39 Å². The molecule has 56 valence electrons. The van der Waals surface area contributed by atoms with Gasteiger partial charge < -0.3 is 4.42 Å². The zero-order valence-electron chi connectivity index (χ0n) is 5.65. The molecule has 0 bridgehead atoms. The van der Waals surface area contributed by atoms with Crippen LogP contribution in [0.2, 0.25) is 0 Å². The third-order valence-corrected chi connectivity index (χ3v) is 1.43. The van der Waals surface area contributed by atoms with Crippen LogP contribution >= 0.6 is 0 Å². The van der Waals surface area contributed by atoms with Gasteiger partial charge in [-0.3, -0.25) is 0 Å². The molecule has 0 unspecified atom stereocenters. The van der Waals surface area contributed by atoms with Crippen molar-refractivity contribution in [1.82, 2.24) is 4.98 Å². The molecular weight excluding hydrogens is 165 g/mol. The molecule has 0 saturated heterocycles. The standard InChI is InChI=1S/C8H5NO2.Na.H/c10-8-9-5-6-3-1-2-4-7(6)11-8;;/h1-5H;;. The summed E-state index contributed by atoms with van der Waals surface area (Å²) in [6.07, 6.45) is 1.50. The monoisotopic (exact) mass is 171 g/mol. The normalized spacial score (nSPS) is 9.33. The van der Waals surface area contributed by atoms with E-state index in [0.29, 0.717) is 5.58 Å². The SMILES string of the molecule is O=c1ncc2ccccc2o1.[NaH]. The van der Waals surface area contributed by atoms with Gasteiger partial charge in [0.25, 0.3) is 0 Å². The first-order valence-corrected chi connectivity index (χ1v) is 3.21. The molecule has 1 heterocycles. The molecule has 0 saturated carbocycles. The Balaban J connectivity index is 0.000000720. The van der Waals surface area contributed by atoms with Gasteiger partial charge in [-0.1, -0.05) is 12.1 Å². The summed E-state index contributed by atoms with van der Waals surface area (Å²) in [5, 5.41) is 0.840. The van der Waals surface area contributed by atoms with Gasteiger partial charge in [-0.15, -0.1) is 0 Å². The van der Waals surface area contributed by atoms with E-state index in [9.17, 15) is 4.79 Å². The second-order valence-electron chi connectivity index (χ2n) is 2.16. The molecule has 0 fully saturated rings. The van der Waals surface area contributed by atoms with Gasteiger partial charge in [0.1, 0.15) is 5.58 Å². The number of hydrogen-bond acceptors (Lipinski definition) is 3. The van der Waals surface area contributed by atoms with E-state index < -0.39 is 5.76 Å². The van der Waals surface area contributed by atoms with Crippen LogP contribution in [0.25, 0.3) is 11.0 Å². The number of fused-ring (bicyclic) bond motifs is 1. The van der Waals surface area contributed by atoms with E-state index in [2.05, 4.69) is 4.98 Å². The molecule has 0 spiro atoms. The summed E-state index contributed by atoms with van der Waals surface area (Å²) in [4.78, 5) is 14.1. The molecule has 12 heavy (non-hydrogen) atoms. The number of aromatic nitrogens is 1. The van der Waals surface area contributed by atoms with Gasteiger partial charge in [0.05, 0.1) is 0 Å². The van der Waals surface area contributed by atoms with Gasteiger partial charge in [-0.25, -0.2) is 4.79 Å². The van der Waals surface area contributed by atoms with E-state index >= 15 is 0 Å². The minimum atomic E-state index is -0.552. The molecule has 0 amide bonds. The Kier molecular flexibility index (Phi) is 3.03. The van der Waals surface area contributed by atoms with Crippen molar-refractivity contribution in [3.05, 3.63) is 41.0 Å². The molecule has 1 aromatic carbocycles. The van der Waals surface area contributed by atoms with Crippen LogP contribution < -0.4 is 5.76 Å². The van der Waals surface area contributed by atoms with Crippen LogP contribution in [0.15, 0.2) is 39.7 Å². The Morgan fingerprint density at radius 3 is 2.83 bits per heavy atom. The van der Waals surface area contributed by atoms with Crippen LogP contribution in [-0.2, 0) is 0 Å². The van der Waals surface area contributed by atoms with E-state index in [1.807, 2.05) is 18.2 Å². The molecule has 0 atom stereocenters. The predicted molar refractivity (Wildman–Crippen MR) is 47.4 cm³/mol. The van der Waals surface area contributed by atoms with Crippen molar-refractivity contribution in [2.45, 2.75) is 0 Å².